The normalized spacial score (nSPS) is 43.4. The highest BCUT2D eigenvalue weighted by Crippen LogP contribution is 2.58. The van der Waals surface area contributed by atoms with Crippen molar-refractivity contribution < 1.29 is 0 Å². The van der Waals surface area contributed by atoms with Crippen molar-refractivity contribution in [3.05, 3.63) is 0 Å². The summed E-state index contributed by atoms with van der Waals surface area (Å²) in [5.41, 5.74) is 1.20. The minimum atomic E-state index is 0.584. The molecule has 0 amide bonds. The van der Waals surface area contributed by atoms with Crippen molar-refractivity contribution in [3.8, 4) is 0 Å². The van der Waals surface area contributed by atoms with Crippen molar-refractivity contribution in [3.63, 3.8) is 0 Å². The maximum absolute atomic E-state index is 2.52. The second kappa shape index (κ2) is 3.50. The van der Waals surface area contributed by atoms with Crippen molar-refractivity contribution >= 4 is 0 Å². The van der Waals surface area contributed by atoms with E-state index in [2.05, 4.69) is 34.6 Å². The molecule has 88 valence electrons. The summed E-state index contributed by atoms with van der Waals surface area (Å²) in [7, 11) is 0. The first-order valence-corrected chi connectivity index (χ1v) is 6.86. The van der Waals surface area contributed by atoms with Crippen LogP contribution >= 0.6 is 0 Å². The van der Waals surface area contributed by atoms with E-state index in [-0.39, 0.29) is 0 Å². The van der Waals surface area contributed by atoms with Crippen molar-refractivity contribution in [2.75, 3.05) is 0 Å². The number of rotatable bonds is 0. The smallest absolute Gasteiger partial charge is 0.0297 e. The average molecular weight is 208 g/mol. The first-order chi connectivity index (χ1) is 6.86. The van der Waals surface area contributed by atoms with Crippen LogP contribution in [0.1, 0.15) is 66.7 Å². The van der Waals surface area contributed by atoms with Crippen LogP contribution in [0, 0.1) is 28.6 Å². The lowest BCUT2D eigenvalue weighted by Crippen LogP contribution is -2.48. The van der Waals surface area contributed by atoms with Crippen LogP contribution in [0.2, 0.25) is 0 Å². The van der Waals surface area contributed by atoms with Crippen molar-refractivity contribution in [2.24, 2.45) is 28.6 Å². The fourth-order valence-corrected chi connectivity index (χ4v) is 4.36. The van der Waals surface area contributed by atoms with E-state index in [4.69, 9.17) is 0 Å². The van der Waals surface area contributed by atoms with E-state index < -0.39 is 0 Å². The summed E-state index contributed by atoms with van der Waals surface area (Å²) in [5, 5.41) is 0. The quantitative estimate of drug-likeness (QED) is 0.532. The van der Waals surface area contributed by atoms with Gasteiger partial charge in [0.15, 0.2) is 0 Å². The topological polar surface area (TPSA) is 0 Å². The van der Waals surface area contributed by atoms with Crippen molar-refractivity contribution in [2.45, 2.75) is 66.7 Å². The molecular weight excluding hydrogens is 180 g/mol. The lowest BCUT2D eigenvalue weighted by molar-refractivity contribution is -0.0646. The van der Waals surface area contributed by atoms with Crippen LogP contribution in [0.4, 0.5) is 0 Å². The van der Waals surface area contributed by atoms with Crippen molar-refractivity contribution in [1.29, 1.82) is 0 Å². The molecule has 0 aromatic rings. The predicted octanol–water partition coefficient (Wildman–Crippen LogP) is 4.89. The molecule has 0 N–H and O–H groups in total. The van der Waals surface area contributed by atoms with E-state index in [9.17, 15) is 0 Å². The largest absolute Gasteiger partial charge is 0.0620 e. The van der Waals surface area contributed by atoms with Crippen LogP contribution in [-0.4, -0.2) is 0 Å². The molecule has 2 aliphatic carbocycles. The van der Waals surface area contributed by atoms with E-state index in [0.29, 0.717) is 10.8 Å². The lowest BCUT2D eigenvalue weighted by atomic mass is 9.49. The van der Waals surface area contributed by atoms with Gasteiger partial charge in [0.1, 0.15) is 0 Å². The highest BCUT2D eigenvalue weighted by atomic mass is 14.5. The molecule has 0 aromatic carbocycles. The molecule has 0 heteroatoms. The first kappa shape index (κ1) is 11.5. The zero-order valence-electron chi connectivity index (χ0n) is 11.3. The minimum absolute atomic E-state index is 0.584. The van der Waals surface area contributed by atoms with Crippen molar-refractivity contribution in [1.82, 2.24) is 0 Å². The fourth-order valence-electron chi connectivity index (χ4n) is 4.36. The van der Waals surface area contributed by atoms with Gasteiger partial charge in [-0.1, -0.05) is 41.0 Å². The summed E-state index contributed by atoms with van der Waals surface area (Å²) in [5.74, 6) is 2.91. The van der Waals surface area contributed by atoms with Gasteiger partial charge in [-0.25, -0.2) is 0 Å². The Labute approximate surface area is 95.8 Å². The van der Waals surface area contributed by atoms with Crippen LogP contribution in [-0.2, 0) is 0 Å². The molecule has 0 aromatic heterocycles. The van der Waals surface area contributed by atoms with Gasteiger partial charge in [0.2, 0.25) is 0 Å². The standard InChI is InChI=1S/C15H28/c1-11-8-9-12-13(15(11,4)5)7-6-10-14(12,2)3/h11-13H,6-10H2,1-5H3/t11-,12-,13+/m1/s1. The van der Waals surface area contributed by atoms with E-state index in [0.717, 1.165) is 17.8 Å². The van der Waals surface area contributed by atoms with E-state index in [1.165, 1.54) is 32.1 Å². The van der Waals surface area contributed by atoms with E-state index >= 15 is 0 Å². The molecule has 0 saturated heterocycles. The van der Waals surface area contributed by atoms with E-state index in [1.54, 1.807) is 0 Å². The molecule has 0 heterocycles. The zero-order chi connectivity index (χ0) is 11.3. The molecule has 0 spiro atoms. The maximum atomic E-state index is 2.52. The van der Waals surface area contributed by atoms with Crippen LogP contribution in [0.5, 0.6) is 0 Å². The number of hydrogen-bond donors (Lipinski definition) is 0. The van der Waals surface area contributed by atoms with Gasteiger partial charge in [-0.05, 0) is 54.3 Å². The molecule has 2 rings (SSSR count). The maximum Gasteiger partial charge on any atom is -0.0297 e. The molecule has 2 aliphatic rings. The summed E-state index contributed by atoms with van der Waals surface area (Å²) in [6.45, 7) is 12.5. The Hall–Kier alpha value is 0. The highest BCUT2D eigenvalue weighted by molar-refractivity contribution is 4.99. The molecule has 0 nitrogen and oxygen atoms in total. The van der Waals surface area contributed by atoms with Crippen LogP contribution in [0.3, 0.4) is 0 Å². The summed E-state index contributed by atoms with van der Waals surface area (Å²) in [4.78, 5) is 0. The van der Waals surface area contributed by atoms with Gasteiger partial charge in [0.25, 0.3) is 0 Å². The Morgan fingerprint density at radius 2 is 1.53 bits per heavy atom. The Bertz CT molecular complexity index is 236. The molecule has 15 heavy (non-hydrogen) atoms. The Morgan fingerprint density at radius 1 is 0.867 bits per heavy atom. The van der Waals surface area contributed by atoms with Crippen LogP contribution in [0.25, 0.3) is 0 Å². The van der Waals surface area contributed by atoms with Gasteiger partial charge in [-0.2, -0.15) is 0 Å². The summed E-state index contributed by atoms with van der Waals surface area (Å²) >= 11 is 0. The molecule has 2 saturated carbocycles. The predicted molar refractivity (Wildman–Crippen MR) is 66.8 cm³/mol. The molecular formula is C15H28. The average Bonchev–Trinajstić information content (AvgIpc) is 2.12. The third kappa shape index (κ3) is 1.74. The first-order valence-electron chi connectivity index (χ1n) is 6.86. The molecule has 0 unspecified atom stereocenters. The highest BCUT2D eigenvalue weighted by Gasteiger charge is 2.49. The van der Waals surface area contributed by atoms with E-state index in [1.807, 2.05) is 0 Å². The third-order valence-electron chi connectivity index (χ3n) is 5.96. The van der Waals surface area contributed by atoms with Gasteiger partial charge in [-0.15, -0.1) is 0 Å². The number of fused-ring (bicyclic) bond motifs is 1. The molecule has 0 bridgehead atoms. The van der Waals surface area contributed by atoms with Gasteiger partial charge >= 0.3 is 0 Å². The Kier molecular flexibility index (Phi) is 2.68. The Morgan fingerprint density at radius 3 is 2.20 bits per heavy atom. The summed E-state index contributed by atoms with van der Waals surface area (Å²) < 4.78 is 0. The minimum Gasteiger partial charge on any atom is -0.0620 e. The van der Waals surface area contributed by atoms with Crippen LogP contribution in [0.15, 0.2) is 0 Å². The monoisotopic (exact) mass is 208 g/mol. The number of hydrogen-bond acceptors (Lipinski definition) is 0. The zero-order valence-corrected chi connectivity index (χ0v) is 11.3. The second-order valence-corrected chi connectivity index (χ2v) is 7.39. The fraction of sp³-hybridized carbons (Fsp3) is 1.00. The van der Waals surface area contributed by atoms with Gasteiger partial charge in [-0.3, -0.25) is 0 Å². The Balaban J connectivity index is 2.25. The van der Waals surface area contributed by atoms with Gasteiger partial charge in [0.05, 0.1) is 0 Å². The van der Waals surface area contributed by atoms with Crippen LogP contribution < -0.4 is 0 Å². The lowest BCUT2D eigenvalue weighted by Gasteiger charge is -2.56. The third-order valence-corrected chi connectivity index (χ3v) is 5.96. The summed E-state index contributed by atoms with van der Waals surface area (Å²) in [6.07, 6.45) is 7.36. The van der Waals surface area contributed by atoms with Gasteiger partial charge < -0.3 is 0 Å². The van der Waals surface area contributed by atoms with Gasteiger partial charge in [0, 0.05) is 0 Å². The molecule has 3 atom stereocenters. The second-order valence-electron chi connectivity index (χ2n) is 7.39. The SMILES string of the molecule is C[C@@H]1CC[C@@H]2[C@H](CCCC2(C)C)C1(C)C. The molecule has 2 fully saturated rings. The molecule has 0 aliphatic heterocycles. The molecule has 0 radical (unpaired) electrons. The summed E-state index contributed by atoms with van der Waals surface area (Å²) in [6, 6.07) is 0.